The molecule has 4 fully saturated rings. The molecule has 0 aromatic carbocycles. The van der Waals surface area contributed by atoms with Crippen molar-refractivity contribution in [1.29, 1.82) is 0 Å². The Morgan fingerprint density at radius 1 is 1.05 bits per heavy atom. The lowest BCUT2D eigenvalue weighted by atomic mass is 9.45. The highest BCUT2D eigenvalue weighted by atomic mass is 16.2. The van der Waals surface area contributed by atoms with Crippen molar-refractivity contribution < 1.29 is 9.90 Å². The van der Waals surface area contributed by atoms with Crippen molar-refractivity contribution in [2.75, 3.05) is 0 Å². The maximum atomic E-state index is 12.7. The summed E-state index contributed by atoms with van der Waals surface area (Å²) in [6, 6.07) is 0. The topological polar surface area (TPSA) is 37.3 Å². The molecule has 4 aliphatic carbocycles. The van der Waals surface area contributed by atoms with Crippen LogP contribution in [-0.2, 0) is 4.79 Å². The molecule has 0 radical (unpaired) electrons. The minimum atomic E-state index is -0.187. The number of rotatable bonds is 0. The Morgan fingerprint density at radius 2 is 1.86 bits per heavy atom. The summed E-state index contributed by atoms with van der Waals surface area (Å²) < 4.78 is 0. The Hall–Kier alpha value is -0.790. The van der Waals surface area contributed by atoms with Crippen LogP contribution in [0.25, 0.3) is 0 Å². The lowest BCUT2D eigenvalue weighted by molar-refractivity contribution is -0.137. The van der Waals surface area contributed by atoms with Crippen LogP contribution in [-0.4, -0.2) is 10.9 Å². The van der Waals surface area contributed by atoms with Crippen LogP contribution in [0.2, 0.25) is 0 Å². The lowest BCUT2D eigenvalue weighted by Crippen LogP contribution is -2.52. The van der Waals surface area contributed by atoms with Crippen molar-refractivity contribution in [3.63, 3.8) is 0 Å². The quantitative estimate of drug-likeness (QED) is 0.503. The molecule has 0 amide bonds. The van der Waals surface area contributed by atoms with Crippen molar-refractivity contribution in [2.24, 2.45) is 34.5 Å². The number of hydrogen-bond acceptors (Lipinski definition) is 2. The molecule has 0 saturated heterocycles. The van der Waals surface area contributed by atoms with E-state index in [1.807, 2.05) is 0 Å². The molecule has 0 unspecified atom stereocenters. The fourth-order valence-corrected chi connectivity index (χ4v) is 7.08. The van der Waals surface area contributed by atoms with Gasteiger partial charge in [-0.1, -0.05) is 26.7 Å². The predicted molar refractivity (Wildman–Crippen MR) is 87.4 cm³/mol. The molecular formula is C20H30O2. The van der Waals surface area contributed by atoms with Gasteiger partial charge in [0, 0.05) is 11.0 Å². The van der Waals surface area contributed by atoms with Gasteiger partial charge in [0.25, 0.3) is 0 Å². The van der Waals surface area contributed by atoms with E-state index in [-0.39, 0.29) is 11.2 Å². The zero-order valence-electron chi connectivity index (χ0n) is 14.1. The van der Waals surface area contributed by atoms with Gasteiger partial charge in [0.2, 0.25) is 0 Å². The monoisotopic (exact) mass is 302 g/mol. The maximum absolute atomic E-state index is 12.7. The lowest BCUT2D eigenvalue weighted by Gasteiger charge is -2.59. The Bertz CT molecular complexity index is 522. The van der Waals surface area contributed by atoms with Gasteiger partial charge in [0.1, 0.15) is 0 Å². The Kier molecular flexibility index (Phi) is 3.26. The fraction of sp³-hybridized carbons (Fsp3) is 0.850. The zero-order valence-corrected chi connectivity index (χ0v) is 14.1. The molecule has 2 nitrogen and oxygen atoms in total. The summed E-state index contributed by atoms with van der Waals surface area (Å²) in [6.07, 6.45) is 12.6. The van der Waals surface area contributed by atoms with Crippen LogP contribution >= 0.6 is 0 Å². The highest BCUT2D eigenvalue weighted by Crippen LogP contribution is 2.65. The molecule has 4 rings (SSSR count). The van der Waals surface area contributed by atoms with Crippen LogP contribution in [0.1, 0.15) is 71.6 Å². The van der Waals surface area contributed by atoms with Crippen LogP contribution in [0, 0.1) is 34.5 Å². The van der Waals surface area contributed by atoms with Crippen molar-refractivity contribution >= 4 is 5.78 Å². The number of Topliss-reactive ketones (excluding diaryl/α,β-unsaturated/α-hetero) is 1. The van der Waals surface area contributed by atoms with E-state index in [1.54, 1.807) is 0 Å². The number of carbonyl (C=O) groups is 1. The minimum Gasteiger partial charge on any atom is -0.515 e. The zero-order chi connectivity index (χ0) is 15.5. The van der Waals surface area contributed by atoms with Crippen LogP contribution < -0.4 is 0 Å². The van der Waals surface area contributed by atoms with Gasteiger partial charge in [-0.25, -0.2) is 0 Å². The first-order valence-corrected chi connectivity index (χ1v) is 9.39. The van der Waals surface area contributed by atoms with Crippen LogP contribution in [0.15, 0.2) is 11.8 Å². The summed E-state index contributed by atoms with van der Waals surface area (Å²) in [5, 5.41) is 9.45. The van der Waals surface area contributed by atoms with E-state index in [1.165, 1.54) is 44.9 Å². The molecular weight excluding hydrogens is 272 g/mol. The minimum absolute atomic E-state index is 0.187. The molecule has 0 spiro atoms. The molecule has 0 bridgehead atoms. The normalized spacial score (nSPS) is 53.0. The second-order valence-corrected chi connectivity index (χ2v) is 9.05. The van der Waals surface area contributed by atoms with Gasteiger partial charge in [-0.3, -0.25) is 4.79 Å². The number of fused-ring (bicyclic) bond motifs is 5. The molecule has 0 aliphatic heterocycles. The van der Waals surface area contributed by atoms with E-state index in [4.69, 9.17) is 0 Å². The predicted octanol–water partition coefficient (Wildman–Crippen LogP) is 5.04. The van der Waals surface area contributed by atoms with E-state index in [0.29, 0.717) is 22.8 Å². The first-order chi connectivity index (χ1) is 10.5. The number of carbonyl (C=O) groups excluding carboxylic acids is 1. The second kappa shape index (κ2) is 4.85. The molecule has 122 valence electrons. The van der Waals surface area contributed by atoms with E-state index in [0.717, 1.165) is 30.9 Å². The van der Waals surface area contributed by atoms with E-state index >= 15 is 0 Å². The number of hydrogen-bond donors (Lipinski definition) is 1. The Labute approximate surface area is 134 Å². The van der Waals surface area contributed by atoms with Crippen molar-refractivity contribution in [3.8, 4) is 0 Å². The summed E-state index contributed by atoms with van der Waals surface area (Å²) in [7, 11) is 0. The smallest absolute Gasteiger partial charge is 0.168 e. The number of aliphatic hydroxyl groups is 1. The SMILES string of the molecule is C[C@]12CCCC[C@@H]1CC[C@H]1[C@H]2CC[C@]2(C)C(=O)/C(=C/O)C[C@H]12. The molecule has 0 heterocycles. The average Bonchev–Trinajstić information content (AvgIpc) is 2.78. The number of allylic oxidation sites excluding steroid dienone is 1. The second-order valence-electron chi connectivity index (χ2n) is 9.05. The van der Waals surface area contributed by atoms with Gasteiger partial charge >= 0.3 is 0 Å². The summed E-state index contributed by atoms with van der Waals surface area (Å²) >= 11 is 0. The third-order valence-electron chi connectivity index (χ3n) is 8.38. The Morgan fingerprint density at radius 3 is 2.64 bits per heavy atom. The van der Waals surface area contributed by atoms with Gasteiger partial charge in [0.15, 0.2) is 5.78 Å². The van der Waals surface area contributed by atoms with Gasteiger partial charge in [-0.2, -0.15) is 0 Å². The fourth-order valence-electron chi connectivity index (χ4n) is 7.08. The molecule has 6 atom stereocenters. The number of aliphatic hydroxyl groups excluding tert-OH is 1. The van der Waals surface area contributed by atoms with Gasteiger partial charge in [0.05, 0.1) is 6.26 Å². The van der Waals surface area contributed by atoms with Crippen molar-refractivity contribution in [3.05, 3.63) is 11.8 Å². The summed E-state index contributed by atoms with van der Waals surface area (Å²) in [4.78, 5) is 12.7. The summed E-state index contributed by atoms with van der Waals surface area (Å²) in [6.45, 7) is 4.75. The average molecular weight is 302 g/mol. The van der Waals surface area contributed by atoms with Crippen LogP contribution in [0.4, 0.5) is 0 Å². The third-order valence-corrected chi connectivity index (χ3v) is 8.38. The molecule has 4 saturated carbocycles. The van der Waals surface area contributed by atoms with Gasteiger partial charge in [-0.05, 0) is 74.0 Å². The molecule has 2 heteroatoms. The van der Waals surface area contributed by atoms with Gasteiger partial charge < -0.3 is 5.11 Å². The molecule has 4 aliphatic rings. The first kappa shape index (κ1) is 14.8. The standard InChI is InChI=1S/C20H30O2/c1-19-9-4-3-5-14(19)6-7-15-16(19)8-10-20(2)17(15)11-13(12-21)18(20)22/h12,14-17,21H,3-11H2,1-2H3/b13-12+/t14-,15+,16-,17-,19+,20+/m1/s1. The largest absolute Gasteiger partial charge is 0.515 e. The van der Waals surface area contributed by atoms with E-state index in [2.05, 4.69) is 13.8 Å². The van der Waals surface area contributed by atoms with E-state index in [9.17, 15) is 9.90 Å². The first-order valence-electron chi connectivity index (χ1n) is 9.39. The maximum Gasteiger partial charge on any atom is 0.168 e. The number of ketones is 1. The third kappa shape index (κ3) is 1.76. The molecule has 0 aromatic rings. The van der Waals surface area contributed by atoms with E-state index < -0.39 is 0 Å². The van der Waals surface area contributed by atoms with Crippen molar-refractivity contribution in [1.82, 2.24) is 0 Å². The highest BCUT2D eigenvalue weighted by Gasteiger charge is 2.60. The summed E-state index contributed by atoms with van der Waals surface area (Å²) in [5.74, 6) is 3.18. The molecule has 22 heavy (non-hydrogen) atoms. The highest BCUT2D eigenvalue weighted by molar-refractivity contribution is 6.02. The van der Waals surface area contributed by atoms with Crippen LogP contribution in [0.3, 0.4) is 0 Å². The molecule has 1 N–H and O–H groups in total. The van der Waals surface area contributed by atoms with Gasteiger partial charge in [-0.15, -0.1) is 0 Å². The summed E-state index contributed by atoms with van der Waals surface area (Å²) in [5.41, 5.74) is 1.04. The van der Waals surface area contributed by atoms with Crippen molar-refractivity contribution in [2.45, 2.75) is 71.6 Å². The molecule has 0 aromatic heterocycles. The van der Waals surface area contributed by atoms with Crippen LogP contribution in [0.5, 0.6) is 0 Å². The Balaban J connectivity index is 1.68.